The molecule has 2 aromatic rings. The van der Waals surface area contributed by atoms with Crippen LogP contribution < -0.4 is 10.7 Å². The van der Waals surface area contributed by atoms with E-state index in [1.165, 1.54) is 6.07 Å². The van der Waals surface area contributed by atoms with Crippen LogP contribution in [-0.2, 0) is 0 Å². The molecule has 0 bridgehead atoms. The summed E-state index contributed by atoms with van der Waals surface area (Å²) < 4.78 is 4.78. The highest BCUT2D eigenvalue weighted by atomic mass is 16.6. The first kappa shape index (κ1) is 10.2. The lowest BCUT2D eigenvalue weighted by Crippen LogP contribution is -2.01. The van der Waals surface area contributed by atoms with Crippen molar-refractivity contribution in [2.45, 2.75) is 6.92 Å². The van der Waals surface area contributed by atoms with Crippen LogP contribution in [0.5, 0.6) is 5.75 Å². The molecule has 2 rings (SSSR count). The maximum absolute atomic E-state index is 11.3. The number of nitrogens with zero attached hydrogens (tertiary/aromatic N) is 1. The van der Waals surface area contributed by atoms with Crippen molar-refractivity contribution < 1.29 is 14.4 Å². The molecule has 16 heavy (non-hydrogen) atoms. The first-order valence-electron chi connectivity index (χ1n) is 4.39. The van der Waals surface area contributed by atoms with E-state index in [0.29, 0.717) is 10.9 Å². The van der Waals surface area contributed by atoms with Gasteiger partial charge in [-0.2, -0.15) is 0 Å². The van der Waals surface area contributed by atoms with Crippen LogP contribution in [0.25, 0.3) is 11.0 Å². The smallest absolute Gasteiger partial charge is 0.336 e. The number of rotatable bonds is 1. The lowest BCUT2D eigenvalue weighted by molar-refractivity contribution is -0.398. The fourth-order valence-corrected chi connectivity index (χ4v) is 1.48. The lowest BCUT2D eigenvalue weighted by atomic mass is 10.1. The third kappa shape index (κ3) is 1.50. The Kier molecular flexibility index (Phi) is 2.12. The number of nitro groups is 1. The zero-order valence-electron chi connectivity index (χ0n) is 8.22. The Morgan fingerprint density at radius 2 is 2.00 bits per heavy atom. The quantitative estimate of drug-likeness (QED) is 0.407. The predicted molar refractivity (Wildman–Crippen MR) is 53.3 cm³/mol. The molecule has 82 valence electrons. The van der Waals surface area contributed by atoms with Crippen LogP contribution in [0.15, 0.2) is 27.4 Å². The van der Waals surface area contributed by atoms with E-state index in [4.69, 9.17) is 4.42 Å². The second kappa shape index (κ2) is 3.34. The van der Waals surface area contributed by atoms with E-state index >= 15 is 0 Å². The van der Waals surface area contributed by atoms with E-state index in [1.54, 1.807) is 6.92 Å². The van der Waals surface area contributed by atoms with Gasteiger partial charge in [-0.05, 0) is 24.3 Å². The zero-order chi connectivity index (χ0) is 11.9. The summed E-state index contributed by atoms with van der Waals surface area (Å²) >= 11 is 0. The van der Waals surface area contributed by atoms with Crippen molar-refractivity contribution in [2.24, 2.45) is 0 Å². The summed E-state index contributed by atoms with van der Waals surface area (Å²) in [5, 5.41) is 22.2. The standard InChI is InChI=1S/C10H7NO5/c1-5-2-10(13)16-9-4-8(12)7(11(14)15)3-6(5)9/h2-4,12H,1H3/p-1. The average Bonchev–Trinajstić information content (AvgIpc) is 2.15. The molecular formula is C10H6NO5-. The summed E-state index contributed by atoms with van der Waals surface area (Å²) in [6.45, 7) is 1.62. The van der Waals surface area contributed by atoms with E-state index in [0.717, 1.165) is 12.1 Å². The van der Waals surface area contributed by atoms with E-state index in [1.807, 2.05) is 0 Å². The van der Waals surface area contributed by atoms with E-state index in [2.05, 4.69) is 0 Å². The van der Waals surface area contributed by atoms with Crippen LogP contribution in [0.3, 0.4) is 0 Å². The van der Waals surface area contributed by atoms with Gasteiger partial charge in [-0.15, -0.1) is 0 Å². The molecule has 0 aliphatic rings. The highest BCUT2D eigenvalue weighted by molar-refractivity contribution is 5.84. The Labute approximate surface area is 88.9 Å². The molecule has 1 aromatic heterocycles. The SMILES string of the molecule is Cc1cc(=O)oc2cc([O-])c([N+](=O)[O-])cc12. The molecule has 6 nitrogen and oxygen atoms in total. The van der Waals surface area contributed by atoms with Crippen molar-refractivity contribution >= 4 is 16.7 Å². The normalized spacial score (nSPS) is 10.6. The predicted octanol–water partition coefficient (Wildman–Crippen LogP) is 1.08. The fraction of sp³-hybridized carbons (Fsp3) is 0.100. The molecule has 0 N–H and O–H groups in total. The van der Waals surface area contributed by atoms with E-state index in [9.17, 15) is 20.0 Å². The van der Waals surface area contributed by atoms with Gasteiger partial charge in [0.1, 0.15) is 5.58 Å². The number of hydrogen-bond donors (Lipinski definition) is 0. The summed E-state index contributed by atoms with van der Waals surface area (Å²) in [5.41, 5.74) is -0.502. The summed E-state index contributed by atoms with van der Waals surface area (Å²) in [6, 6.07) is 3.30. The minimum absolute atomic E-state index is 0.0700. The molecule has 0 atom stereocenters. The molecule has 1 aromatic carbocycles. The first-order valence-corrected chi connectivity index (χ1v) is 4.39. The summed E-state index contributed by atoms with van der Waals surface area (Å²) in [4.78, 5) is 20.8. The van der Waals surface area contributed by atoms with Crippen molar-refractivity contribution in [2.75, 3.05) is 0 Å². The van der Waals surface area contributed by atoms with Crippen LogP contribution in [0, 0.1) is 17.0 Å². The highest BCUT2D eigenvalue weighted by Crippen LogP contribution is 2.29. The summed E-state index contributed by atoms with van der Waals surface area (Å²) in [6.07, 6.45) is 0. The van der Waals surface area contributed by atoms with Gasteiger partial charge in [0.05, 0.1) is 4.92 Å². The van der Waals surface area contributed by atoms with Crippen molar-refractivity contribution in [1.82, 2.24) is 0 Å². The minimum atomic E-state index is -0.772. The zero-order valence-corrected chi connectivity index (χ0v) is 8.22. The maximum Gasteiger partial charge on any atom is 0.336 e. The number of benzene rings is 1. The van der Waals surface area contributed by atoms with Crippen LogP contribution in [-0.4, -0.2) is 4.92 Å². The number of aryl methyl sites for hydroxylation is 1. The molecular weight excluding hydrogens is 214 g/mol. The highest BCUT2D eigenvalue weighted by Gasteiger charge is 2.11. The molecule has 0 aliphatic carbocycles. The van der Waals surface area contributed by atoms with Gasteiger partial charge in [0.25, 0.3) is 5.69 Å². The van der Waals surface area contributed by atoms with Crippen LogP contribution in [0.1, 0.15) is 5.56 Å². The van der Waals surface area contributed by atoms with Crippen molar-refractivity contribution in [3.8, 4) is 5.75 Å². The van der Waals surface area contributed by atoms with Gasteiger partial charge in [0, 0.05) is 17.5 Å². The van der Waals surface area contributed by atoms with E-state index < -0.39 is 22.0 Å². The second-order valence-electron chi connectivity index (χ2n) is 3.32. The second-order valence-corrected chi connectivity index (χ2v) is 3.32. The molecule has 0 aliphatic heterocycles. The Morgan fingerprint density at radius 1 is 1.31 bits per heavy atom. The summed E-state index contributed by atoms with van der Waals surface area (Å²) in [7, 11) is 0. The Morgan fingerprint density at radius 3 is 2.62 bits per heavy atom. The molecule has 0 amide bonds. The van der Waals surface area contributed by atoms with Gasteiger partial charge >= 0.3 is 5.63 Å². The van der Waals surface area contributed by atoms with Crippen molar-refractivity contribution in [3.63, 3.8) is 0 Å². The third-order valence-electron chi connectivity index (χ3n) is 2.23. The molecule has 1 heterocycles. The third-order valence-corrected chi connectivity index (χ3v) is 2.23. The fourth-order valence-electron chi connectivity index (χ4n) is 1.48. The number of fused-ring (bicyclic) bond motifs is 1. The van der Waals surface area contributed by atoms with Crippen LogP contribution >= 0.6 is 0 Å². The van der Waals surface area contributed by atoms with Gasteiger partial charge < -0.3 is 9.52 Å². The molecule has 0 saturated heterocycles. The van der Waals surface area contributed by atoms with Gasteiger partial charge in [0.15, 0.2) is 0 Å². The summed E-state index contributed by atoms with van der Waals surface area (Å²) in [5.74, 6) is -0.772. The molecule has 0 fully saturated rings. The Balaban J connectivity index is 2.90. The van der Waals surface area contributed by atoms with Gasteiger partial charge in [-0.1, -0.05) is 0 Å². The number of nitro benzene ring substituents is 1. The molecule has 0 saturated carbocycles. The Hall–Kier alpha value is -2.37. The Bertz CT molecular complexity index is 643. The molecule has 0 radical (unpaired) electrons. The van der Waals surface area contributed by atoms with Gasteiger partial charge in [0.2, 0.25) is 0 Å². The topological polar surface area (TPSA) is 96.4 Å². The monoisotopic (exact) mass is 220 g/mol. The van der Waals surface area contributed by atoms with Crippen molar-refractivity contribution in [1.29, 1.82) is 0 Å². The van der Waals surface area contributed by atoms with Gasteiger partial charge in [-0.25, -0.2) is 4.79 Å². The average molecular weight is 220 g/mol. The van der Waals surface area contributed by atoms with E-state index in [-0.39, 0.29) is 5.58 Å². The molecule has 0 spiro atoms. The largest absolute Gasteiger partial charge is 0.868 e. The van der Waals surface area contributed by atoms with Crippen LogP contribution in [0.4, 0.5) is 5.69 Å². The maximum atomic E-state index is 11.3. The van der Waals surface area contributed by atoms with Crippen LogP contribution in [0.2, 0.25) is 0 Å². The lowest BCUT2D eigenvalue weighted by Gasteiger charge is -2.08. The van der Waals surface area contributed by atoms with Crippen molar-refractivity contribution in [3.05, 3.63) is 44.3 Å². The molecule has 6 heteroatoms. The number of hydrogen-bond acceptors (Lipinski definition) is 5. The first-order chi connectivity index (χ1) is 7.49. The minimum Gasteiger partial charge on any atom is -0.868 e. The molecule has 0 unspecified atom stereocenters. The van der Waals surface area contributed by atoms with Gasteiger partial charge in [-0.3, -0.25) is 10.1 Å².